The number of benzene rings is 1. The van der Waals surface area contributed by atoms with Gasteiger partial charge < -0.3 is 15.0 Å². The number of amides is 1. The molecule has 3 rings (SSSR count). The largest absolute Gasteiger partial charge is 0.370 e. The van der Waals surface area contributed by atoms with E-state index in [1.54, 1.807) is 0 Å². The van der Waals surface area contributed by atoms with E-state index in [1.807, 2.05) is 23.1 Å². The fourth-order valence-corrected chi connectivity index (χ4v) is 2.84. The molecule has 2 aliphatic rings. The molecule has 1 amide bonds. The highest BCUT2D eigenvalue weighted by atomic mass is 16.5. The standard InChI is InChI=1S/C15H20N2O2/c18-15(13-6-7-16-10-13)17-8-9-19-14(11-17)12-4-2-1-3-5-12/h1-5,13-14,16H,6-11H2. The van der Waals surface area contributed by atoms with Crippen LogP contribution in [0.1, 0.15) is 18.1 Å². The van der Waals surface area contributed by atoms with Gasteiger partial charge in [-0.05, 0) is 18.5 Å². The second-order valence-corrected chi connectivity index (χ2v) is 5.24. The van der Waals surface area contributed by atoms with Gasteiger partial charge >= 0.3 is 0 Å². The lowest BCUT2D eigenvalue weighted by Crippen LogP contribution is -2.45. The molecule has 2 fully saturated rings. The number of hydrogen-bond acceptors (Lipinski definition) is 3. The monoisotopic (exact) mass is 260 g/mol. The van der Waals surface area contributed by atoms with Crippen molar-refractivity contribution in [1.29, 1.82) is 0 Å². The smallest absolute Gasteiger partial charge is 0.227 e. The van der Waals surface area contributed by atoms with Crippen LogP contribution in [-0.2, 0) is 9.53 Å². The van der Waals surface area contributed by atoms with Crippen molar-refractivity contribution in [1.82, 2.24) is 10.2 Å². The average Bonchev–Trinajstić information content (AvgIpc) is 3.02. The summed E-state index contributed by atoms with van der Waals surface area (Å²) in [6.07, 6.45) is 0.986. The highest BCUT2D eigenvalue weighted by Gasteiger charge is 2.31. The maximum absolute atomic E-state index is 12.4. The van der Waals surface area contributed by atoms with Crippen LogP contribution in [0.3, 0.4) is 0 Å². The molecular weight excluding hydrogens is 240 g/mol. The first-order valence-electron chi connectivity index (χ1n) is 7.00. The number of nitrogens with zero attached hydrogens (tertiary/aromatic N) is 1. The van der Waals surface area contributed by atoms with Crippen LogP contribution in [-0.4, -0.2) is 43.6 Å². The zero-order valence-corrected chi connectivity index (χ0v) is 11.0. The van der Waals surface area contributed by atoms with E-state index in [9.17, 15) is 4.79 Å². The molecule has 4 heteroatoms. The Morgan fingerprint density at radius 2 is 2.16 bits per heavy atom. The Balaban J connectivity index is 1.66. The second-order valence-electron chi connectivity index (χ2n) is 5.24. The molecule has 0 aromatic heterocycles. The Bertz CT molecular complexity index is 429. The van der Waals surface area contributed by atoms with Crippen LogP contribution in [0.15, 0.2) is 30.3 Å². The van der Waals surface area contributed by atoms with Crippen molar-refractivity contribution < 1.29 is 9.53 Å². The lowest BCUT2D eigenvalue weighted by molar-refractivity contribution is -0.142. The second kappa shape index (κ2) is 5.72. The van der Waals surface area contributed by atoms with Gasteiger partial charge in [0.1, 0.15) is 6.10 Å². The SMILES string of the molecule is O=C(C1CCNC1)N1CCOC(c2ccccc2)C1. The lowest BCUT2D eigenvalue weighted by Gasteiger charge is -2.34. The van der Waals surface area contributed by atoms with E-state index < -0.39 is 0 Å². The predicted molar refractivity (Wildman–Crippen MR) is 72.7 cm³/mol. The van der Waals surface area contributed by atoms with Gasteiger partial charge in [-0.3, -0.25) is 4.79 Å². The Labute approximate surface area is 113 Å². The van der Waals surface area contributed by atoms with Gasteiger partial charge in [0.2, 0.25) is 5.91 Å². The first-order chi connectivity index (χ1) is 9.34. The van der Waals surface area contributed by atoms with E-state index >= 15 is 0 Å². The van der Waals surface area contributed by atoms with Gasteiger partial charge in [-0.1, -0.05) is 30.3 Å². The summed E-state index contributed by atoms with van der Waals surface area (Å²) in [4.78, 5) is 14.4. The van der Waals surface area contributed by atoms with Gasteiger partial charge in [-0.15, -0.1) is 0 Å². The molecule has 0 aliphatic carbocycles. The van der Waals surface area contributed by atoms with Crippen molar-refractivity contribution >= 4 is 5.91 Å². The Morgan fingerprint density at radius 3 is 2.89 bits per heavy atom. The van der Waals surface area contributed by atoms with Gasteiger partial charge in [-0.2, -0.15) is 0 Å². The highest BCUT2D eigenvalue weighted by Crippen LogP contribution is 2.23. The molecule has 102 valence electrons. The van der Waals surface area contributed by atoms with Crippen LogP contribution < -0.4 is 5.32 Å². The van der Waals surface area contributed by atoms with Crippen LogP contribution in [0.4, 0.5) is 0 Å². The third kappa shape index (κ3) is 2.80. The molecule has 0 bridgehead atoms. The summed E-state index contributed by atoms with van der Waals surface area (Å²) in [6.45, 7) is 3.82. The molecule has 1 N–H and O–H groups in total. The molecule has 2 aliphatic heterocycles. The molecule has 4 nitrogen and oxygen atoms in total. The number of ether oxygens (including phenoxy) is 1. The summed E-state index contributed by atoms with van der Waals surface area (Å²) >= 11 is 0. The number of hydrogen-bond donors (Lipinski definition) is 1. The van der Waals surface area contributed by atoms with Crippen molar-refractivity contribution in [2.45, 2.75) is 12.5 Å². The van der Waals surface area contributed by atoms with Gasteiger partial charge in [-0.25, -0.2) is 0 Å². The van der Waals surface area contributed by atoms with E-state index in [0.29, 0.717) is 13.2 Å². The third-order valence-corrected chi connectivity index (χ3v) is 3.96. The zero-order chi connectivity index (χ0) is 13.1. The third-order valence-electron chi connectivity index (χ3n) is 3.96. The molecule has 2 unspecified atom stereocenters. The first-order valence-corrected chi connectivity index (χ1v) is 7.00. The van der Waals surface area contributed by atoms with E-state index in [1.165, 1.54) is 0 Å². The van der Waals surface area contributed by atoms with Crippen LogP contribution in [0.5, 0.6) is 0 Å². The topological polar surface area (TPSA) is 41.6 Å². The summed E-state index contributed by atoms with van der Waals surface area (Å²) in [5.74, 6) is 0.448. The molecule has 2 atom stereocenters. The van der Waals surface area contributed by atoms with Crippen molar-refractivity contribution in [3.05, 3.63) is 35.9 Å². The fraction of sp³-hybridized carbons (Fsp3) is 0.533. The lowest BCUT2D eigenvalue weighted by atomic mass is 10.0. The van der Waals surface area contributed by atoms with Crippen LogP contribution in [0, 0.1) is 5.92 Å². The minimum absolute atomic E-state index is 0.0215. The molecule has 1 aromatic carbocycles. The Morgan fingerprint density at radius 1 is 1.32 bits per heavy atom. The summed E-state index contributed by atoms with van der Waals surface area (Å²) in [5, 5.41) is 3.26. The summed E-state index contributed by atoms with van der Waals surface area (Å²) < 4.78 is 5.80. The van der Waals surface area contributed by atoms with E-state index in [2.05, 4.69) is 17.4 Å². The van der Waals surface area contributed by atoms with Gasteiger partial charge in [0, 0.05) is 13.1 Å². The molecule has 0 radical (unpaired) electrons. The number of morpholine rings is 1. The fourth-order valence-electron chi connectivity index (χ4n) is 2.84. The van der Waals surface area contributed by atoms with Gasteiger partial charge in [0.25, 0.3) is 0 Å². The number of rotatable bonds is 2. The average molecular weight is 260 g/mol. The van der Waals surface area contributed by atoms with Crippen LogP contribution in [0.2, 0.25) is 0 Å². The van der Waals surface area contributed by atoms with Crippen LogP contribution in [0.25, 0.3) is 0 Å². The molecule has 0 spiro atoms. The predicted octanol–water partition coefficient (Wildman–Crippen LogP) is 1.20. The molecule has 0 saturated carbocycles. The quantitative estimate of drug-likeness (QED) is 0.868. The van der Waals surface area contributed by atoms with E-state index in [0.717, 1.165) is 31.6 Å². The molecule has 19 heavy (non-hydrogen) atoms. The first kappa shape index (κ1) is 12.6. The summed E-state index contributed by atoms with van der Waals surface area (Å²) in [5.41, 5.74) is 1.16. The number of nitrogens with one attached hydrogen (secondary N) is 1. The zero-order valence-electron chi connectivity index (χ0n) is 11.0. The van der Waals surface area contributed by atoms with Crippen molar-refractivity contribution in [2.24, 2.45) is 5.92 Å². The summed E-state index contributed by atoms with van der Waals surface area (Å²) in [7, 11) is 0. The van der Waals surface area contributed by atoms with Crippen LogP contribution >= 0.6 is 0 Å². The van der Waals surface area contributed by atoms with Gasteiger partial charge in [0.15, 0.2) is 0 Å². The normalized spacial score (nSPS) is 27.5. The van der Waals surface area contributed by atoms with Crippen molar-refractivity contribution in [3.63, 3.8) is 0 Å². The minimum Gasteiger partial charge on any atom is -0.370 e. The molecular formula is C15H20N2O2. The molecule has 2 heterocycles. The maximum atomic E-state index is 12.4. The Kier molecular flexibility index (Phi) is 3.80. The molecule has 1 aromatic rings. The highest BCUT2D eigenvalue weighted by molar-refractivity contribution is 5.79. The maximum Gasteiger partial charge on any atom is 0.227 e. The summed E-state index contributed by atoms with van der Waals surface area (Å²) in [6, 6.07) is 10.2. The van der Waals surface area contributed by atoms with Crippen molar-refractivity contribution in [3.8, 4) is 0 Å². The number of carbonyl (C=O) groups excluding carboxylic acids is 1. The Hall–Kier alpha value is -1.39. The van der Waals surface area contributed by atoms with Crippen molar-refractivity contribution in [2.75, 3.05) is 32.8 Å². The number of carbonyl (C=O) groups is 1. The molecule has 2 saturated heterocycles. The minimum atomic E-state index is 0.0215. The van der Waals surface area contributed by atoms with E-state index in [4.69, 9.17) is 4.74 Å². The van der Waals surface area contributed by atoms with Gasteiger partial charge in [0.05, 0.1) is 19.1 Å². The van der Waals surface area contributed by atoms with E-state index in [-0.39, 0.29) is 17.9 Å².